The lowest BCUT2D eigenvalue weighted by Gasteiger charge is -2.26. The molecule has 1 aliphatic heterocycles. The fourth-order valence-corrected chi connectivity index (χ4v) is 3.71. The van der Waals surface area contributed by atoms with E-state index in [9.17, 15) is 14.7 Å². The average Bonchev–Trinajstić information content (AvgIpc) is 3.00. The number of aromatic nitrogens is 1. The predicted molar refractivity (Wildman–Crippen MR) is 103 cm³/mol. The number of amides is 1. The van der Waals surface area contributed by atoms with E-state index < -0.39 is 5.97 Å². The molecule has 0 radical (unpaired) electrons. The smallest absolute Gasteiger partial charge is 0.352 e. The third-order valence-corrected chi connectivity index (χ3v) is 5.01. The molecule has 0 spiro atoms. The molecule has 2 aromatic rings. The van der Waals surface area contributed by atoms with E-state index in [0.717, 1.165) is 50.2 Å². The molecule has 1 amide bonds. The van der Waals surface area contributed by atoms with Crippen LogP contribution in [0.4, 0.5) is 0 Å². The van der Waals surface area contributed by atoms with Crippen LogP contribution < -0.4 is 5.32 Å². The Balaban J connectivity index is 1.64. The van der Waals surface area contributed by atoms with Gasteiger partial charge in [0.1, 0.15) is 5.69 Å². The summed E-state index contributed by atoms with van der Waals surface area (Å²) in [6.45, 7) is 7.39. The number of carboxylic acids is 1. The van der Waals surface area contributed by atoms with Crippen LogP contribution >= 0.6 is 0 Å². The Labute approximate surface area is 158 Å². The molecule has 7 heteroatoms. The van der Waals surface area contributed by atoms with E-state index in [4.69, 9.17) is 4.74 Å². The van der Waals surface area contributed by atoms with Crippen LogP contribution in [0.5, 0.6) is 0 Å². The molecular formula is C20H27N3O4. The second-order valence-electron chi connectivity index (χ2n) is 6.73. The van der Waals surface area contributed by atoms with Crippen LogP contribution in [0.25, 0.3) is 10.9 Å². The number of nitrogens with one attached hydrogen (secondary N) is 1. The van der Waals surface area contributed by atoms with Crippen LogP contribution in [0.3, 0.4) is 0 Å². The number of hydrogen-bond donors (Lipinski definition) is 2. The van der Waals surface area contributed by atoms with E-state index in [1.165, 1.54) is 0 Å². The lowest BCUT2D eigenvalue weighted by atomic mass is 10.1. The monoisotopic (exact) mass is 373 g/mol. The summed E-state index contributed by atoms with van der Waals surface area (Å²) in [5.74, 6) is -1.14. The van der Waals surface area contributed by atoms with Crippen LogP contribution in [0.15, 0.2) is 24.3 Å². The molecule has 1 aromatic carbocycles. The molecule has 2 heterocycles. The highest BCUT2D eigenvalue weighted by Gasteiger charge is 2.23. The molecule has 2 N–H and O–H groups in total. The van der Waals surface area contributed by atoms with Gasteiger partial charge in [0.05, 0.1) is 19.6 Å². The molecule has 0 unspecified atom stereocenters. The maximum absolute atomic E-state index is 12.4. The SMILES string of the molecule is CCn1c(C(=O)O)c(CC(=O)NCCCN2CCOCC2)c2ccccc21. The molecule has 0 bridgehead atoms. The molecule has 1 aromatic heterocycles. The van der Waals surface area contributed by atoms with Gasteiger partial charge in [-0.1, -0.05) is 18.2 Å². The van der Waals surface area contributed by atoms with Crippen molar-refractivity contribution >= 4 is 22.8 Å². The zero-order valence-corrected chi connectivity index (χ0v) is 15.7. The van der Waals surface area contributed by atoms with Crippen LogP contribution in [0.1, 0.15) is 29.4 Å². The Morgan fingerprint density at radius 2 is 1.96 bits per heavy atom. The van der Waals surface area contributed by atoms with E-state index in [2.05, 4.69) is 10.2 Å². The Kier molecular flexibility index (Phi) is 6.47. The van der Waals surface area contributed by atoms with E-state index in [1.807, 2.05) is 31.2 Å². The van der Waals surface area contributed by atoms with Crippen molar-refractivity contribution in [2.75, 3.05) is 39.4 Å². The summed E-state index contributed by atoms with van der Waals surface area (Å²) < 4.78 is 7.09. The zero-order valence-electron chi connectivity index (χ0n) is 15.7. The summed E-state index contributed by atoms with van der Waals surface area (Å²) in [7, 11) is 0. The molecule has 146 valence electrons. The van der Waals surface area contributed by atoms with Crippen molar-refractivity contribution < 1.29 is 19.4 Å². The van der Waals surface area contributed by atoms with E-state index in [-0.39, 0.29) is 18.0 Å². The van der Waals surface area contributed by atoms with E-state index >= 15 is 0 Å². The zero-order chi connectivity index (χ0) is 19.2. The van der Waals surface area contributed by atoms with Crippen molar-refractivity contribution in [2.24, 2.45) is 0 Å². The van der Waals surface area contributed by atoms with Gasteiger partial charge >= 0.3 is 5.97 Å². The number of aromatic carboxylic acids is 1. The molecule has 0 atom stereocenters. The molecule has 3 rings (SSSR count). The lowest BCUT2D eigenvalue weighted by Crippen LogP contribution is -2.38. The first-order valence-electron chi connectivity index (χ1n) is 9.52. The molecule has 27 heavy (non-hydrogen) atoms. The number of aryl methyl sites for hydroxylation is 1. The highest BCUT2D eigenvalue weighted by Crippen LogP contribution is 2.27. The quantitative estimate of drug-likeness (QED) is 0.689. The molecule has 0 saturated carbocycles. The number of carbonyl (C=O) groups excluding carboxylic acids is 1. The fourth-order valence-electron chi connectivity index (χ4n) is 3.71. The van der Waals surface area contributed by atoms with Gasteiger partial charge in [0.25, 0.3) is 0 Å². The van der Waals surface area contributed by atoms with Gasteiger partial charge in [-0.25, -0.2) is 4.79 Å². The summed E-state index contributed by atoms with van der Waals surface area (Å²) in [6.07, 6.45) is 0.945. The second-order valence-corrected chi connectivity index (χ2v) is 6.73. The molecule has 7 nitrogen and oxygen atoms in total. The van der Waals surface area contributed by atoms with Gasteiger partial charge in [-0.3, -0.25) is 9.69 Å². The topological polar surface area (TPSA) is 83.8 Å². The molecule has 0 aliphatic carbocycles. The minimum absolute atomic E-state index is 0.0761. The van der Waals surface area contributed by atoms with Gasteiger partial charge in [-0.2, -0.15) is 0 Å². The summed E-state index contributed by atoms with van der Waals surface area (Å²) >= 11 is 0. The number of morpholine rings is 1. The summed E-state index contributed by atoms with van der Waals surface area (Å²) in [4.78, 5) is 26.6. The third kappa shape index (κ3) is 4.48. The largest absolute Gasteiger partial charge is 0.477 e. The number of para-hydroxylation sites is 1. The van der Waals surface area contributed by atoms with Crippen molar-refractivity contribution in [1.82, 2.24) is 14.8 Å². The standard InChI is InChI=1S/C20H27N3O4/c1-2-23-17-7-4-3-6-15(17)16(19(23)20(25)26)14-18(24)21-8-5-9-22-10-12-27-13-11-22/h3-4,6-7H,2,5,8-14H2,1H3,(H,21,24)(H,25,26). The summed E-state index contributed by atoms with van der Waals surface area (Å²) in [6, 6.07) is 7.54. The lowest BCUT2D eigenvalue weighted by molar-refractivity contribution is -0.120. The minimum atomic E-state index is -0.997. The normalized spacial score (nSPS) is 15.1. The van der Waals surface area contributed by atoms with Gasteiger partial charge in [0, 0.05) is 42.6 Å². The van der Waals surface area contributed by atoms with Gasteiger partial charge in [0.15, 0.2) is 0 Å². The first-order valence-corrected chi connectivity index (χ1v) is 9.52. The van der Waals surface area contributed by atoms with Crippen molar-refractivity contribution in [1.29, 1.82) is 0 Å². The van der Waals surface area contributed by atoms with Crippen molar-refractivity contribution in [3.05, 3.63) is 35.5 Å². The predicted octanol–water partition coefficient (Wildman–Crippen LogP) is 1.74. The highest BCUT2D eigenvalue weighted by molar-refractivity contribution is 6.00. The van der Waals surface area contributed by atoms with Gasteiger partial charge in [-0.05, 0) is 26.0 Å². The molecule has 1 saturated heterocycles. The molecule has 1 aliphatic rings. The Bertz CT molecular complexity index is 809. The Morgan fingerprint density at radius 3 is 2.67 bits per heavy atom. The van der Waals surface area contributed by atoms with Crippen LogP contribution in [-0.2, 0) is 22.5 Å². The first-order chi connectivity index (χ1) is 13.1. The Morgan fingerprint density at radius 1 is 1.22 bits per heavy atom. The fraction of sp³-hybridized carbons (Fsp3) is 0.500. The number of rotatable bonds is 8. The molecular weight excluding hydrogens is 346 g/mol. The maximum Gasteiger partial charge on any atom is 0.352 e. The number of hydrogen-bond acceptors (Lipinski definition) is 4. The maximum atomic E-state index is 12.4. The Hall–Kier alpha value is -2.38. The minimum Gasteiger partial charge on any atom is -0.477 e. The summed E-state index contributed by atoms with van der Waals surface area (Å²) in [5, 5.41) is 13.4. The van der Waals surface area contributed by atoms with Gasteiger partial charge < -0.3 is 19.7 Å². The number of ether oxygens (including phenoxy) is 1. The van der Waals surface area contributed by atoms with E-state index in [1.54, 1.807) is 4.57 Å². The number of nitrogens with zero attached hydrogens (tertiary/aromatic N) is 2. The van der Waals surface area contributed by atoms with Crippen molar-refractivity contribution in [3.63, 3.8) is 0 Å². The number of benzene rings is 1. The average molecular weight is 373 g/mol. The summed E-state index contributed by atoms with van der Waals surface area (Å²) in [5.41, 5.74) is 1.65. The van der Waals surface area contributed by atoms with Crippen LogP contribution in [0.2, 0.25) is 0 Å². The number of carboxylic acid groups (broad SMARTS) is 1. The second kappa shape index (κ2) is 9.01. The van der Waals surface area contributed by atoms with Crippen LogP contribution in [0, 0.1) is 0 Å². The molecule has 1 fully saturated rings. The van der Waals surface area contributed by atoms with Crippen molar-refractivity contribution in [2.45, 2.75) is 26.3 Å². The third-order valence-electron chi connectivity index (χ3n) is 5.01. The van der Waals surface area contributed by atoms with E-state index in [0.29, 0.717) is 18.7 Å². The first kappa shape index (κ1) is 19.4. The van der Waals surface area contributed by atoms with Crippen molar-refractivity contribution in [3.8, 4) is 0 Å². The van der Waals surface area contributed by atoms with Gasteiger partial charge in [-0.15, -0.1) is 0 Å². The van der Waals surface area contributed by atoms with Gasteiger partial charge in [0.2, 0.25) is 5.91 Å². The van der Waals surface area contributed by atoms with Crippen LogP contribution in [-0.4, -0.2) is 65.8 Å². The highest BCUT2D eigenvalue weighted by atomic mass is 16.5. The number of fused-ring (bicyclic) bond motifs is 1. The number of carbonyl (C=O) groups is 2.